The largest absolute Gasteiger partial charge is 0.330 e. The number of aryl methyl sites for hydroxylation is 1. The van der Waals surface area contributed by atoms with E-state index >= 15 is 0 Å². The van der Waals surface area contributed by atoms with Gasteiger partial charge in [-0.1, -0.05) is 12.1 Å². The van der Waals surface area contributed by atoms with E-state index in [0.29, 0.717) is 6.54 Å². The average molecular weight is 301 g/mol. The van der Waals surface area contributed by atoms with Crippen molar-refractivity contribution in [2.45, 2.75) is 25.4 Å². The fraction of sp³-hybridized carbons (Fsp3) is 0.312. The van der Waals surface area contributed by atoms with Crippen LogP contribution >= 0.6 is 0 Å². The topological polar surface area (TPSA) is 55.2 Å². The SMILES string of the molecule is Cn1nc(C(=O)N(Cc2ccc(F)cc2)C2CC2)ccc1=O. The van der Waals surface area contributed by atoms with E-state index in [-0.39, 0.29) is 29.0 Å². The number of carbonyl (C=O) groups excluding carboxylic acids is 1. The zero-order chi connectivity index (χ0) is 15.7. The minimum atomic E-state index is -0.298. The summed E-state index contributed by atoms with van der Waals surface area (Å²) in [6, 6.07) is 9.09. The summed E-state index contributed by atoms with van der Waals surface area (Å²) in [5.74, 6) is -0.504. The molecule has 1 amide bonds. The van der Waals surface area contributed by atoms with Crippen LogP contribution in [0.2, 0.25) is 0 Å². The second-order valence-electron chi connectivity index (χ2n) is 5.47. The summed E-state index contributed by atoms with van der Waals surface area (Å²) in [4.78, 5) is 25.7. The van der Waals surface area contributed by atoms with E-state index in [4.69, 9.17) is 0 Å². The van der Waals surface area contributed by atoms with Crippen LogP contribution in [-0.2, 0) is 13.6 Å². The molecule has 1 aliphatic carbocycles. The molecule has 0 saturated heterocycles. The van der Waals surface area contributed by atoms with Crippen molar-refractivity contribution in [1.29, 1.82) is 0 Å². The van der Waals surface area contributed by atoms with E-state index in [1.807, 2.05) is 0 Å². The van der Waals surface area contributed by atoms with E-state index in [2.05, 4.69) is 5.10 Å². The Balaban J connectivity index is 1.84. The Kier molecular flexibility index (Phi) is 3.75. The summed E-state index contributed by atoms with van der Waals surface area (Å²) in [6.07, 6.45) is 1.91. The predicted molar refractivity (Wildman–Crippen MR) is 78.8 cm³/mol. The van der Waals surface area contributed by atoms with Crippen LogP contribution in [0.3, 0.4) is 0 Å². The van der Waals surface area contributed by atoms with Gasteiger partial charge >= 0.3 is 0 Å². The highest BCUT2D eigenvalue weighted by Crippen LogP contribution is 2.29. The van der Waals surface area contributed by atoms with Crippen molar-refractivity contribution < 1.29 is 9.18 Å². The molecule has 0 spiro atoms. The van der Waals surface area contributed by atoms with E-state index in [1.165, 1.54) is 31.3 Å². The Bertz CT molecular complexity index is 751. The number of carbonyl (C=O) groups is 1. The smallest absolute Gasteiger partial charge is 0.274 e. The third-order valence-corrected chi connectivity index (χ3v) is 3.69. The molecule has 6 heteroatoms. The van der Waals surface area contributed by atoms with Gasteiger partial charge in [-0.2, -0.15) is 5.10 Å². The Morgan fingerprint density at radius 1 is 1.27 bits per heavy atom. The van der Waals surface area contributed by atoms with Gasteiger partial charge in [0.05, 0.1) is 0 Å². The predicted octanol–water partition coefficient (Wildman–Crippen LogP) is 1.72. The molecule has 1 aromatic heterocycles. The van der Waals surface area contributed by atoms with Gasteiger partial charge in [0.15, 0.2) is 0 Å². The highest BCUT2D eigenvalue weighted by molar-refractivity contribution is 5.92. The Hall–Kier alpha value is -2.50. The van der Waals surface area contributed by atoms with Gasteiger partial charge in [-0.15, -0.1) is 0 Å². The van der Waals surface area contributed by atoms with Gasteiger partial charge in [-0.05, 0) is 36.6 Å². The lowest BCUT2D eigenvalue weighted by molar-refractivity contribution is 0.0721. The minimum Gasteiger partial charge on any atom is -0.330 e. The molecule has 5 nitrogen and oxygen atoms in total. The number of benzene rings is 1. The molecular formula is C16H16FN3O2. The van der Waals surface area contributed by atoms with Crippen molar-refractivity contribution in [1.82, 2.24) is 14.7 Å². The highest BCUT2D eigenvalue weighted by Gasteiger charge is 2.33. The van der Waals surface area contributed by atoms with Crippen LogP contribution in [0.4, 0.5) is 4.39 Å². The average Bonchev–Trinajstić information content (AvgIpc) is 3.33. The lowest BCUT2D eigenvalue weighted by atomic mass is 10.2. The summed E-state index contributed by atoms with van der Waals surface area (Å²) in [5, 5.41) is 4.01. The lowest BCUT2D eigenvalue weighted by Crippen LogP contribution is -2.34. The molecule has 0 radical (unpaired) electrons. The summed E-state index contributed by atoms with van der Waals surface area (Å²) in [5.41, 5.74) is 0.857. The molecular weight excluding hydrogens is 285 g/mol. The Morgan fingerprint density at radius 3 is 2.55 bits per heavy atom. The normalized spacial score (nSPS) is 13.9. The number of nitrogens with zero attached hydrogens (tertiary/aromatic N) is 3. The van der Waals surface area contributed by atoms with Crippen LogP contribution in [0.15, 0.2) is 41.2 Å². The maximum atomic E-state index is 13.0. The molecule has 114 valence electrons. The molecule has 1 aromatic carbocycles. The maximum Gasteiger partial charge on any atom is 0.274 e. The number of halogens is 1. The minimum absolute atomic E-state index is 0.191. The number of hydrogen-bond donors (Lipinski definition) is 0. The lowest BCUT2D eigenvalue weighted by Gasteiger charge is -2.22. The first-order chi connectivity index (χ1) is 10.5. The molecule has 0 unspecified atom stereocenters. The van der Waals surface area contributed by atoms with Crippen LogP contribution in [0, 0.1) is 5.82 Å². The van der Waals surface area contributed by atoms with E-state index in [1.54, 1.807) is 17.0 Å². The summed E-state index contributed by atoms with van der Waals surface area (Å²) in [6.45, 7) is 0.411. The molecule has 0 aliphatic heterocycles. The van der Waals surface area contributed by atoms with Crippen molar-refractivity contribution in [2.75, 3.05) is 0 Å². The summed E-state index contributed by atoms with van der Waals surface area (Å²) >= 11 is 0. The number of amides is 1. The van der Waals surface area contributed by atoms with E-state index in [0.717, 1.165) is 23.1 Å². The van der Waals surface area contributed by atoms with Crippen molar-refractivity contribution in [3.8, 4) is 0 Å². The standard InChI is InChI=1S/C16H16FN3O2/c1-19-15(21)9-8-14(18-19)16(22)20(13-6-7-13)10-11-2-4-12(17)5-3-11/h2-5,8-9,13H,6-7,10H2,1H3. The van der Waals surface area contributed by atoms with Crippen molar-refractivity contribution in [3.05, 3.63) is 63.8 Å². The van der Waals surface area contributed by atoms with Gasteiger partial charge in [0.2, 0.25) is 0 Å². The van der Waals surface area contributed by atoms with Gasteiger partial charge in [0, 0.05) is 25.7 Å². The Morgan fingerprint density at radius 2 is 1.95 bits per heavy atom. The van der Waals surface area contributed by atoms with Gasteiger partial charge in [-0.25, -0.2) is 9.07 Å². The summed E-state index contributed by atoms with van der Waals surface area (Å²) in [7, 11) is 1.51. The van der Waals surface area contributed by atoms with Crippen LogP contribution in [-0.4, -0.2) is 26.6 Å². The molecule has 1 fully saturated rings. The van der Waals surface area contributed by atoms with Crippen LogP contribution in [0.5, 0.6) is 0 Å². The fourth-order valence-corrected chi connectivity index (χ4v) is 2.30. The van der Waals surface area contributed by atoms with Gasteiger partial charge < -0.3 is 4.90 Å². The molecule has 0 N–H and O–H groups in total. The van der Waals surface area contributed by atoms with E-state index in [9.17, 15) is 14.0 Å². The first-order valence-corrected chi connectivity index (χ1v) is 7.14. The van der Waals surface area contributed by atoms with Gasteiger partial charge in [0.25, 0.3) is 11.5 Å². The highest BCUT2D eigenvalue weighted by atomic mass is 19.1. The Labute approximate surface area is 127 Å². The molecule has 0 atom stereocenters. The fourth-order valence-electron chi connectivity index (χ4n) is 2.30. The molecule has 3 rings (SSSR count). The van der Waals surface area contributed by atoms with Crippen LogP contribution in [0.25, 0.3) is 0 Å². The number of hydrogen-bond acceptors (Lipinski definition) is 3. The van der Waals surface area contributed by atoms with Crippen molar-refractivity contribution in [3.63, 3.8) is 0 Å². The zero-order valence-corrected chi connectivity index (χ0v) is 12.2. The molecule has 1 heterocycles. The van der Waals surface area contributed by atoms with Gasteiger partial charge in [0.1, 0.15) is 11.5 Å². The monoisotopic (exact) mass is 301 g/mol. The molecule has 1 saturated carbocycles. The third kappa shape index (κ3) is 3.05. The number of rotatable bonds is 4. The number of aromatic nitrogens is 2. The molecule has 1 aliphatic rings. The second-order valence-corrected chi connectivity index (χ2v) is 5.47. The van der Waals surface area contributed by atoms with Gasteiger partial charge in [-0.3, -0.25) is 9.59 Å². The maximum absolute atomic E-state index is 13.0. The van der Waals surface area contributed by atoms with Crippen molar-refractivity contribution >= 4 is 5.91 Å². The zero-order valence-electron chi connectivity index (χ0n) is 12.2. The quantitative estimate of drug-likeness (QED) is 0.864. The van der Waals surface area contributed by atoms with E-state index < -0.39 is 0 Å². The second kappa shape index (κ2) is 5.71. The molecule has 2 aromatic rings. The summed E-state index contributed by atoms with van der Waals surface area (Å²) < 4.78 is 14.1. The third-order valence-electron chi connectivity index (χ3n) is 3.69. The first-order valence-electron chi connectivity index (χ1n) is 7.14. The molecule has 0 bridgehead atoms. The first kappa shape index (κ1) is 14.4. The van der Waals surface area contributed by atoms with Crippen LogP contribution < -0.4 is 5.56 Å². The molecule has 22 heavy (non-hydrogen) atoms. The van der Waals surface area contributed by atoms with Crippen LogP contribution in [0.1, 0.15) is 28.9 Å². The van der Waals surface area contributed by atoms with Crippen molar-refractivity contribution in [2.24, 2.45) is 7.05 Å².